The maximum Gasteiger partial charge on any atom is 0.301 e. The van der Waals surface area contributed by atoms with Gasteiger partial charge < -0.3 is 5.32 Å². The van der Waals surface area contributed by atoms with E-state index in [1.54, 1.807) is 7.05 Å². The van der Waals surface area contributed by atoms with Crippen molar-refractivity contribution in [2.75, 3.05) is 31.9 Å². The van der Waals surface area contributed by atoms with Gasteiger partial charge in [0.25, 0.3) is 0 Å². The molecule has 5 nitrogen and oxygen atoms in total. The van der Waals surface area contributed by atoms with Crippen LogP contribution in [-0.4, -0.2) is 39.9 Å². The molecule has 0 heterocycles. The highest BCUT2D eigenvalue weighted by molar-refractivity contribution is 7.90. The SMILES string of the molecule is CNCCCN(C)S(=O)(=O)Nc1ccc(F)cc1Cl. The van der Waals surface area contributed by atoms with Crippen molar-refractivity contribution < 1.29 is 12.8 Å². The molecule has 1 aromatic carbocycles. The second-order valence-corrected chi connectivity index (χ2v) is 6.19. The van der Waals surface area contributed by atoms with E-state index in [1.165, 1.54) is 17.4 Å². The normalized spacial score (nSPS) is 11.8. The fourth-order valence-electron chi connectivity index (χ4n) is 1.39. The standard InChI is InChI=1S/C11H17ClFN3O2S/c1-14-6-3-7-16(2)19(17,18)15-11-5-4-9(13)8-10(11)12/h4-5,8,14-15H,3,6-7H2,1-2H3. The first-order valence-electron chi connectivity index (χ1n) is 5.70. The molecule has 1 rings (SSSR count). The van der Waals surface area contributed by atoms with Crippen molar-refractivity contribution in [2.45, 2.75) is 6.42 Å². The maximum atomic E-state index is 12.9. The zero-order chi connectivity index (χ0) is 14.5. The maximum absolute atomic E-state index is 12.9. The molecule has 1 aromatic rings. The smallest absolute Gasteiger partial charge is 0.301 e. The molecular formula is C11H17ClFN3O2S. The monoisotopic (exact) mass is 309 g/mol. The number of halogens is 2. The molecule has 108 valence electrons. The Hall–Kier alpha value is -0.890. The molecule has 0 fully saturated rings. The van der Waals surface area contributed by atoms with Crippen LogP contribution in [0.15, 0.2) is 18.2 Å². The molecule has 0 radical (unpaired) electrons. The van der Waals surface area contributed by atoms with Gasteiger partial charge in [-0.05, 0) is 38.2 Å². The van der Waals surface area contributed by atoms with Gasteiger partial charge in [-0.15, -0.1) is 0 Å². The van der Waals surface area contributed by atoms with E-state index in [4.69, 9.17) is 11.6 Å². The number of anilines is 1. The zero-order valence-electron chi connectivity index (χ0n) is 10.8. The summed E-state index contributed by atoms with van der Waals surface area (Å²) >= 11 is 5.77. The highest BCUT2D eigenvalue weighted by Gasteiger charge is 2.18. The molecule has 0 atom stereocenters. The molecule has 0 aliphatic rings. The molecular weight excluding hydrogens is 293 g/mol. The van der Waals surface area contributed by atoms with Crippen LogP contribution in [0.1, 0.15) is 6.42 Å². The molecule has 0 aromatic heterocycles. The van der Waals surface area contributed by atoms with Gasteiger partial charge in [-0.25, -0.2) is 4.39 Å². The summed E-state index contributed by atoms with van der Waals surface area (Å²) in [7, 11) is -0.416. The van der Waals surface area contributed by atoms with E-state index in [1.807, 2.05) is 0 Å². The highest BCUT2D eigenvalue weighted by Crippen LogP contribution is 2.23. The largest absolute Gasteiger partial charge is 0.320 e. The predicted octanol–water partition coefficient (Wildman–Crippen LogP) is 1.68. The quantitative estimate of drug-likeness (QED) is 0.753. The molecule has 8 heteroatoms. The summed E-state index contributed by atoms with van der Waals surface area (Å²) in [6.07, 6.45) is 0.686. The molecule has 2 N–H and O–H groups in total. The minimum atomic E-state index is -3.68. The van der Waals surface area contributed by atoms with E-state index in [9.17, 15) is 12.8 Å². The van der Waals surface area contributed by atoms with Gasteiger partial charge in [0.2, 0.25) is 0 Å². The Morgan fingerprint density at radius 3 is 2.68 bits per heavy atom. The van der Waals surface area contributed by atoms with Crippen LogP contribution in [0.4, 0.5) is 10.1 Å². The van der Waals surface area contributed by atoms with Gasteiger partial charge >= 0.3 is 10.2 Å². The van der Waals surface area contributed by atoms with Crippen molar-refractivity contribution in [1.29, 1.82) is 0 Å². The van der Waals surface area contributed by atoms with Crippen molar-refractivity contribution in [3.05, 3.63) is 29.0 Å². The third-order valence-corrected chi connectivity index (χ3v) is 4.27. The Morgan fingerprint density at radius 2 is 2.11 bits per heavy atom. The highest BCUT2D eigenvalue weighted by atomic mass is 35.5. The number of hydrogen-bond donors (Lipinski definition) is 2. The van der Waals surface area contributed by atoms with Crippen LogP contribution >= 0.6 is 11.6 Å². The van der Waals surface area contributed by atoms with Gasteiger partial charge in [0.1, 0.15) is 5.82 Å². The van der Waals surface area contributed by atoms with E-state index in [2.05, 4.69) is 10.0 Å². The van der Waals surface area contributed by atoms with Gasteiger partial charge in [0.05, 0.1) is 10.7 Å². The van der Waals surface area contributed by atoms with Crippen LogP contribution in [0.5, 0.6) is 0 Å². The second-order valence-electron chi connectivity index (χ2n) is 4.01. The van der Waals surface area contributed by atoms with Crippen molar-refractivity contribution in [3.8, 4) is 0 Å². The van der Waals surface area contributed by atoms with Crippen LogP contribution in [0, 0.1) is 5.82 Å². The van der Waals surface area contributed by atoms with E-state index < -0.39 is 16.0 Å². The third-order valence-electron chi connectivity index (χ3n) is 2.48. The van der Waals surface area contributed by atoms with Crippen LogP contribution in [0.2, 0.25) is 5.02 Å². The molecule has 0 bridgehead atoms. The summed E-state index contributed by atoms with van der Waals surface area (Å²) in [6, 6.07) is 3.49. The first kappa shape index (κ1) is 16.2. The average molecular weight is 310 g/mol. The van der Waals surface area contributed by atoms with Crippen LogP contribution < -0.4 is 10.0 Å². The van der Waals surface area contributed by atoms with Crippen molar-refractivity contribution in [1.82, 2.24) is 9.62 Å². The number of nitrogens with zero attached hydrogens (tertiary/aromatic N) is 1. The van der Waals surface area contributed by atoms with Gasteiger partial charge in [-0.1, -0.05) is 11.6 Å². The first-order chi connectivity index (χ1) is 8.86. The first-order valence-corrected chi connectivity index (χ1v) is 7.52. The summed E-state index contributed by atoms with van der Waals surface area (Å²) in [6.45, 7) is 1.09. The van der Waals surface area contributed by atoms with Crippen molar-refractivity contribution >= 4 is 27.5 Å². The van der Waals surface area contributed by atoms with Crippen LogP contribution in [0.25, 0.3) is 0 Å². The van der Waals surface area contributed by atoms with E-state index in [0.717, 1.165) is 18.7 Å². The molecule has 0 spiro atoms. The average Bonchev–Trinajstić information content (AvgIpc) is 2.33. The lowest BCUT2D eigenvalue weighted by atomic mass is 10.3. The molecule has 0 unspecified atom stereocenters. The zero-order valence-corrected chi connectivity index (χ0v) is 12.4. The minimum Gasteiger partial charge on any atom is -0.320 e. The van der Waals surface area contributed by atoms with Gasteiger partial charge in [0.15, 0.2) is 0 Å². The second kappa shape index (κ2) is 7.04. The molecule has 0 saturated carbocycles. The van der Waals surface area contributed by atoms with Gasteiger partial charge in [-0.3, -0.25) is 4.72 Å². The fraction of sp³-hybridized carbons (Fsp3) is 0.455. The molecule has 0 saturated heterocycles. The number of hydrogen-bond acceptors (Lipinski definition) is 3. The summed E-state index contributed by atoms with van der Waals surface area (Å²) in [5, 5.41) is 2.96. The fourth-order valence-corrected chi connectivity index (χ4v) is 2.64. The lowest BCUT2D eigenvalue weighted by molar-refractivity contribution is 0.462. The van der Waals surface area contributed by atoms with Gasteiger partial charge in [-0.2, -0.15) is 12.7 Å². The summed E-state index contributed by atoms with van der Waals surface area (Å²) in [4.78, 5) is 0. The van der Waals surface area contributed by atoms with Crippen molar-refractivity contribution in [2.24, 2.45) is 0 Å². The Labute approximate surface area is 117 Å². The third kappa shape index (κ3) is 4.94. The summed E-state index contributed by atoms with van der Waals surface area (Å²) in [5.74, 6) is -0.518. The lowest BCUT2D eigenvalue weighted by Gasteiger charge is -2.18. The van der Waals surface area contributed by atoms with Gasteiger partial charge in [0, 0.05) is 13.6 Å². The molecule has 19 heavy (non-hydrogen) atoms. The van der Waals surface area contributed by atoms with E-state index in [-0.39, 0.29) is 10.7 Å². The summed E-state index contributed by atoms with van der Waals surface area (Å²) < 4.78 is 40.3. The molecule has 0 aliphatic heterocycles. The number of nitrogens with one attached hydrogen (secondary N) is 2. The predicted molar refractivity (Wildman–Crippen MR) is 75.1 cm³/mol. The summed E-state index contributed by atoms with van der Waals surface area (Å²) in [5.41, 5.74) is 0.156. The Morgan fingerprint density at radius 1 is 1.42 bits per heavy atom. The van der Waals surface area contributed by atoms with Crippen molar-refractivity contribution in [3.63, 3.8) is 0 Å². The molecule has 0 amide bonds. The van der Waals surface area contributed by atoms with Crippen LogP contribution in [-0.2, 0) is 10.2 Å². The lowest BCUT2D eigenvalue weighted by Crippen LogP contribution is -2.34. The Balaban J connectivity index is 2.73. The Bertz CT molecular complexity index is 525. The Kier molecular flexibility index (Phi) is 5.99. The van der Waals surface area contributed by atoms with Crippen LogP contribution in [0.3, 0.4) is 0 Å². The van der Waals surface area contributed by atoms with E-state index >= 15 is 0 Å². The molecule has 0 aliphatic carbocycles. The van der Waals surface area contributed by atoms with E-state index in [0.29, 0.717) is 13.0 Å². The number of benzene rings is 1. The topological polar surface area (TPSA) is 61.4 Å². The number of rotatable bonds is 7. The minimum absolute atomic E-state index is 0.0206.